The molecule has 0 aromatic heterocycles. The largest absolute Gasteiger partial charge is 0.355 e. The van der Waals surface area contributed by atoms with Gasteiger partial charge in [0.05, 0.1) is 5.41 Å². The minimum Gasteiger partial charge on any atom is -0.355 e. The summed E-state index contributed by atoms with van der Waals surface area (Å²) in [5.74, 6) is 0.205. The monoisotopic (exact) mass is 337 g/mol. The number of benzene rings is 1. The molecule has 1 aromatic rings. The lowest BCUT2D eigenvalue weighted by molar-refractivity contribution is -0.124. The van der Waals surface area contributed by atoms with Crippen LogP contribution >= 0.6 is 15.9 Å². The van der Waals surface area contributed by atoms with Crippen molar-refractivity contribution in [1.82, 2.24) is 5.32 Å². The second-order valence-electron chi connectivity index (χ2n) is 5.97. The first-order chi connectivity index (χ1) is 9.62. The fourth-order valence-electron chi connectivity index (χ4n) is 2.70. The molecular weight excluding hydrogens is 314 g/mol. The molecule has 0 aliphatic heterocycles. The highest BCUT2D eigenvalue weighted by Crippen LogP contribution is 2.48. The van der Waals surface area contributed by atoms with Crippen LogP contribution in [0, 0.1) is 5.41 Å². The van der Waals surface area contributed by atoms with Gasteiger partial charge in [0.25, 0.3) is 0 Å². The fraction of sp³-hybridized carbons (Fsp3) is 0.588. The maximum atomic E-state index is 12.6. The second kappa shape index (κ2) is 6.30. The maximum Gasteiger partial charge on any atom is 0.230 e. The summed E-state index contributed by atoms with van der Waals surface area (Å²) in [5, 5.41) is 4.14. The van der Waals surface area contributed by atoms with Crippen molar-refractivity contribution >= 4 is 21.8 Å². The molecule has 1 aromatic carbocycles. The number of halogens is 1. The topological polar surface area (TPSA) is 29.1 Å². The van der Waals surface area contributed by atoms with Crippen molar-refractivity contribution in [2.75, 3.05) is 11.9 Å². The Balaban J connectivity index is 2.03. The van der Waals surface area contributed by atoms with Gasteiger partial charge in [-0.3, -0.25) is 4.79 Å². The molecular formula is C17H24BrNO. The van der Waals surface area contributed by atoms with E-state index in [2.05, 4.69) is 47.2 Å². The minimum absolute atomic E-state index is 0.183. The van der Waals surface area contributed by atoms with E-state index in [-0.39, 0.29) is 16.7 Å². The molecule has 110 valence electrons. The van der Waals surface area contributed by atoms with E-state index >= 15 is 0 Å². The van der Waals surface area contributed by atoms with Crippen molar-refractivity contribution < 1.29 is 4.79 Å². The van der Waals surface area contributed by atoms with Crippen LogP contribution in [0.4, 0.5) is 0 Å². The molecule has 0 atom stereocenters. The van der Waals surface area contributed by atoms with Crippen LogP contribution < -0.4 is 5.32 Å². The molecule has 1 amide bonds. The average molecular weight is 338 g/mol. The minimum atomic E-state index is -0.249. The lowest BCUT2D eigenvalue weighted by atomic mass is 9.84. The standard InChI is InChI=1S/C17H24BrNO/c1-3-16(4-2,12-18)13-19-15(20)17(10-11-17)14-8-6-5-7-9-14/h5-9H,3-4,10-13H2,1-2H3,(H,19,20). The lowest BCUT2D eigenvalue weighted by Gasteiger charge is -2.30. The van der Waals surface area contributed by atoms with Crippen molar-refractivity contribution in [3.8, 4) is 0 Å². The number of amides is 1. The summed E-state index contributed by atoms with van der Waals surface area (Å²) in [7, 11) is 0. The molecule has 0 unspecified atom stereocenters. The molecule has 1 fully saturated rings. The third-order valence-electron chi connectivity index (χ3n) is 4.92. The summed E-state index contributed by atoms with van der Waals surface area (Å²) in [4.78, 5) is 12.6. The predicted molar refractivity (Wildman–Crippen MR) is 87.2 cm³/mol. The summed E-state index contributed by atoms with van der Waals surface area (Å²) in [6.07, 6.45) is 4.10. The number of carbonyl (C=O) groups is 1. The zero-order valence-electron chi connectivity index (χ0n) is 12.4. The Hall–Kier alpha value is -0.830. The van der Waals surface area contributed by atoms with Gasteiger partial charge in [-0.2, -0.15) is 0 Å². The van der Waals surface area contributed by atoms with Crippen LogP contribution in [0.1, 0.15) is 45.1 Å². The van der Waals surface area contributed by atoms with Crippen LogP contribution in [-0.2, 0) is 10.2 Å². The maximum absolute atomic E-state index is 12.6. The van der Waals surface area contributed by atoms with E-state index in [0.717, 1.165) is 43.1 Å². The number of hydrogen-bond acceptors (Lipinski definition) is 1. The van der Waals surface area contributed by atoms with Gasteiger partial charge in [0.2, 0.25) is 5.91 Å². The van der Waals surface area contributed by atoms with Crippen molar-refractivity contribution in [3.63, 3.8) is 0 Å². The van der Waals surface area contributed by atoms with E-state index in [4.69, 9.17) is 0 Å². The van der Waals surface area contributed by atoms with Gasteiger partial charge in [0, 0.05) is 11.9 Å². The molecule has 1 aliphatic carbocycles. The number of hydrogen-bond donors (Lipinski definition) is 1. The Morgan fingerprint density at radius 2 is 1.85 bits per heavy atom. The van der Waals surface area contributed by atoms with Crippen LogP contribution in [0.5, 0.6) is 0 Å². The lowest BCUT2D eigenvalue weighted by Crippen LogP contribution is -2.42. The average Bonchev–Trinajstić information content (AvgIpc) is 3.32. The smallest absolute Gasteiger partial charge is 0.230 e. The van der Waals surface area contributed by atoms with E-state index in [1.165, 1.54) is 0 Å². The first kappa shape index (κ1) is 15.6. The number of alkyl halides is 1. The summed E-state index contributed by atoms with van der Waals surface area (Å²) >= 11 is 3.60. The number of rotatable bonds is 7. The van der Waals surface area contributed by atoms with Gasteiger partial charge < -0.3 is 5.32 Å². The molecule has 2 nitrogen and oxygen atoms in total. The van der Waals surface area contributed by atoms with Crippen LogP contribution in [0.3, 0.4) is 0 Å². The summed E-state index contributed by atoms with van der Waals surface area (Å²) < 4.78 is 0. The van der Waals surface area contributed by atoms with E-state index < -0.39 is 0 Å². The Morgan fingerprint density at radius 3 is 2.30 bits per heavy atom. The Morgan fingerprint density at radius 1 is 1.25 bits per heavy atom. The summed E-state index contributed by atoms with van der Waals surface area (Å²) in [5.41, 5.74) is 1.10. The predicted octanol–water partition coefficient (Wildman–Crippen LogP) is 4.04. The zero-order chi connectivity index (χ0) is 14.6. The molecule has 2 rings (SSSR count). The third kappa shape index (κ3) is 2.93. The SMILES string of the molecule is CCC(CC)(CBr)CNC(=O)C1(c2ccccc2)CC1. The normalized spacial score (nSPS) is 16.8. The van der Waals surface area contributed by atoms with Crippen molar-refractivity contribution in [3.05, 3.63) is 35.9 Å². The Bertz CT molecular complexity index is 441. The fourth-order valence-corrected chi connectivity index (χ4v) is 3.69. The van der Waals surface area contributed by atoms with E-state index in [1.807, 2.05) is 18.2 Å². The molecule has 0 spiro atoms. The molecule has 1 aliphatic rings. The van der Waals surface area contributed by atoms with Gasteiger partial charge >= 0.3 is 0 Å². The van der Waals surface area contributed by atoms with Crippen molar-refractivity contribution in [2.45, 2.75) is 44.9 Å². The summed E-state index contributed by atoms with van der Waals surface area (Å²) in [6.45, 7) is 5.15. The molecule has 1 saturated carbocycles. The highest BCUT2D eigenvalue weighted by atomic mass is 79.9. The van der Waals surface area contributed by atoms with E-state index in [1.54, 1.807) is 0 Å². The van der Waals surface area contributed by atoms with Crippen molar-refractivity contribution in [2.24, 2.45) is 5.41 Å². The van der Waals surface area contributed by atoms with Gasteiger partial charge in [0.1, 0.15) is 0 Å². The summed E-state index contributed by atoms with van der Waals surface area (Å²) in [6, 6.07) is 10.2. The highest BCUT2D eigenvalue weighted by molar-refractivity contribution is 9.09. The van der Waals surface area contributed by atoms with Crippen molar-refractivity contribution in [1.29, 1.82) is 0 Å². The number of carbonyl (C=O) groups excluding carboxylic acids is 1. The number of nitrogens with one attached hydrogen (secondary N) is 1. The van der Waals surface area contributed by atoms with Crippen LogP contribution in [0.2, 0.25) is 0 Å². The first-order valence-corrected chi connectivity index (χ1v) is 8.64. The molecule has 20 heavy (non-hydrogen) atoms. The van der Waals surface area contributed by atoms with E-state index in [9.17, 15) is 4.79 Å². The highest BCUT2D eigenvalue weighted by Gasteiger charge is 2.51. The molecule has 1 N–H and O–H groups in total. The molecule has 0 heterocycles. The van der Waals surface area contributed by atoms with Crippen LogP contribution in [0.25, 0.3) is 0 Å². The van der Waals surface area contributed by atoms with Gasteiger partial charge in [0.15, 0.2) is 0 Å². The second-order valence-corrected chi connectivity index (χ2v) is 6.53. The van der Waals surface area contributed by atoms with E-state index in [0.29, 0.717) is 0 Å². The molecule has 0 radical (unpaired) electrons. The van der Waals surface area contributed by atoms with Crippen LogP contribution in [-0.4, -0.2) is 17.8 Å². The Labute approximate surface area is 130 Å². The Kier molecular flexibility index (Phi) is 4.90. The first-order valence-electron chi connectivity index (χ1n) is 7.52. The van der Waals surface area contributed by atoms with Gasteiger partial charge in [-0.1, -0.05) is 60.1 Å². The molecule has 0 saturated heterocycles. The quantitative estimate of drug-likeness (QED) is 0.747. The van der Waals surface area contributed by atoms with Crippen LogP contribution in [0.15, 0.2) is 30.3 Å². The van der Waals surface area contributed by atoms with Gasteiger partial charge in [-0.25, -0.2) is 0 Å². The molecule has 0 bridgehead atoms. The van der Waals surface area contributed by atoms with Gasteiger partial charge in [-0.05, 0) is 36.7 Å². The molecule has 3 heteroatoms. The van der Waals surface area contributed by atoms with Gasteiger partial charge in [-0.15, -0.1) is 0 Å². The zero-order valence-corrected chi connectivity index (χ0v) is 14.0. The third-order valence-corrected chi connectivity index (χ3v) is 6.11.